The van der Waals surface area contributed by atoms with Crippen molar-refractivity contribution < 1.29 is 4.79 Å². The van der Waals surface area contributed by atoms with E-state index in [4.69, 9.17) is 11.6 Å². The zero-order valence-corrected chi connectivity index (χ0v) is 12.6. The van der Waals surface area contributed by atoms with Crippen LogP contribution < -0.4 is 0 Å². The van der Waals surface area contributed by atoms with E-state index in [-0.39, 0.29) is 11.7 Å². The first-order valence-electron chi connectivity index (χ1n) is 5.74. The van der Waals surface area contributed by atoms with Crippen LogP contribution in [0.25, 0.3) is 10.4 Å². The van der Waals surface area contributed by atoms with Crippen molar-refractivity contribution in [1.82, 2.24) is 0 Å². The van der Waals surface area contributed by atoms with Crippen molar-refractivity contribution in [2.45, 2.75) is 12.8 Å². The Hall–Kier alpha value is -0.640. The Morgan fingerprint density at radius 1 is 1.28 bits per heavy atom. The maximum atomic E-state index is 12.0. The highest BCUT2D eigenvalue weighted by Gasteiger charge is 2.31. The standard InChI is InChI=1S/C14H10BrClOS/c15-9-3-4-11(16)10(7-9)12-5-6-13(18-12)14(17)8-1-2-8/h3-8H,1-2H2. The molecular formula is C14H10BrClOS. The lowest BCUT2D eigenvalue weighted by molar-refractivity contribution is 0.0971. The number of rotatable bonds is 3. The Morgan fingerprint density at radius 3 is 2.78 bits per heavy atom. The number of benzene rings is 1. The van der Waals surface area contributed by atoms with Crippen LogP contribution in [0.1, 0.15) is 22.5 Å². The molecule has 0 bridgehead atoms. The highest BCUT2D eigenvalue weighted by molar-refractivity contribution is 9.10. The van der Waals surface area contributed by atoms with Gasteiger partial charge in [-0.1, -0.05) is 27.5 Å². The molecule has 3 rings (SSSR count). The Balaban J connectivity index is 1.97. The molecule has 1 saturated carbocycles. The van der Waals surface area contributed by atoms with Gasteiger partial charge in [0, 0.05) is 25.9 Å². The zero-order valence-electron chi connectivity index (χ0n) is 9.45. The van der Waals surface area contributed by atoms with E-state index in [0.29, 0.717) is 5.02 Å². The van der Waals surface area contributed by atoms with Crippen molar-refractivity contribution in [1.29, 1.82) is 0 Å². The summed E-state index contributed by atoms with van der Waals surface area (Å²) in [6, 6.07) is 9.66. The largest absolute Gasteiger partial charge is 0.293 e. The molecule has 4 heteroatoms. The van der Waals surface area contributed by atoms with E-state index < -0.39 is 0 Å². The number of halogens is 2. The van der Waals surface area contributed by atoms with Crippen LogP contribution in [0.2, 0.25) is 5.02 Å². The summed E-state index contributed by atoms with van der Waals surface area (Å²) < 4.78 is 0.991. The molecule has 1 aromatic heterocycles. The third kappa shape index (κ3) is 2.40. The maximum absolute atomic E-state index is 12.0. The lowest BCUT2D eigenvalue weighted by Crippen LogP contribution is -1.96. The Bertz CT molecular complexity index is 616. The van der Waals surface area contributed by atoms with Gasteiger partial charge in [-0.2, -0.15) is 0 Å². The summed E-state index contributed by atoms with van der Waals surface area (Å²) in [7, 11) is 0. The molecule has 0 spiro atoms. The second-order valence-corrected chi connectivity index (χ2v) is 6.83. The highest BCUT2D eigenvalue weighted by Crippen LogP contribution is 2.39. The van der Waals surface area contributed by atoms with Gasteiger partial charge >= 0.3 is 0 Å². The Kier molecular flexibility index (Phi) is 3.31. The van der Waals surface area contributed by atoms with Gasteiger partial charge in [-0.15, -0.1) is 11.3 Å². The number of thiophene rings is 1. The number of carbonyl (C=O) groups excluding carboxylic acids is 1. The summed E-state index contributed by atoms with van der Waals surface area (Å²) in [4.78, 5) is 13.9. The van der Waals surface area contributed by atoms with E-state index in [1.165, 1.54) is 11.3 Å². The third-order valence-corrected chi connectivity index (χ3v) is 4.95. The summed E-state index contributed by atoms with van der Waals surface area (Å²) in [5, 5.41) is 0.713. The first-order valence-corrected chi connectivity index (χ1v) is 7.73. The predicted octanol–water partition coefficient (Wildman–Crippen LogP) is 5.42. The SMILES string of the molecule is O=C(c1ccc(-c2cc(Br)ccc2Cl)s1)C1CC1. The van der Waals surface area contributed by atoms with Gasteiger partial charge in [0.15, 0.2) is 5.78 Å². The molecule has 1 fully saturated rings. The molecule has 2 aromatic rings. The van der Waals surface area contributed by atoms with Crippen molar-refractivity contribution in [3.8, 4) is 10.4 Å². The van der Waals surface area contributed by atoms with E-state index in [1.807, 2.05) is 30.3 Å². The maximum Gasteiger partial charge on any atom is 0.175 e. The molecule has 1 heterocycles. The molecule has 0 atom stereocenters. The van der Waals surface area contributed by atoms with Gasteiger partial charge in [0.25, 0.3) is 0 Å². The second-order valence-electron chi connectivity index (χ2n) is 4.43. The van der Waals surface area contributed by atoms with Gasteiger partial charge in [0.1, 0.15) is 0 Å². The number of ketones is 1. The van der Waals surface area contributed by atoms with Gasteiger partial charge in [0.05, 0.1) is 4.88 Å². The molecule has 18 heavy (non-hydrogen) atoms. The molecule has 0 N–H and O–H groups in total. The summed E-state index contributed by atoms with van der Waals surface area (Å²) in [6.07, 6.45) is 2.09. The Labute approximate surface area is 123 Å². The summed E-state index contributed by atoms with van der Waals surface area (Å²) in [6.45, 7) is 0. The van der Waals surface area contributed by atoms with Crippen LogP contribution in [0.4, 0.5) is 0 Å². The summed E-state index contributed by atoms with van der Waals surface area (Å²) >= 11 is 11.2. The smallest absolute Gasteiger partial charge is 0.175 e. The molecule has 0 aliphatic heterocycles. The molecule has 0 radical (unpaired) electrons. The fourth-order valence-corrected chi connectivity index (χ4v) is 3.54. The Morgan fingerprint density at radius 2 is 2.06 bits per heavy atom. The van der Waals surface area contributed by atoms with E-state index >= 15 is 0 Å². The van der Waals surface area contributed by atoms with Crippen LogP contribution in [0.3, 0.4) is 0 Å². The van der Waals surface area contributed by atoms with Crippen LogP contribution in [0.15, 0.2) is 34.8 Å². The van der Waals surface area contributed by atoms with Crippen molar-refractivity contribution in [3.05, 3.63) is 44.7 Å². The first kappa shape index (κ1) is 12.4. The minimum absolute atomic E-state index is 0.273. The molecule has 0 unspecified atom stereocenters. The summed E-state index contributed by atoms with van der Waals surface area (Å²) in [5.41, 5.74) is 0.978. The van der Waals surface area contributed by atoms with E-state index in [1.54, 1.807) is 0 Å². The van der Waals surface area contributed by atoms with E-state index in [9.17, 15) is 4.79 Å². The van der Waals surface area contributed by atoms with Gasteiger partial charge < -0.3 is 0 Å². The number of hydrogen-bond acceptors (Lipinski definition) is 2. The van der Waals surface area contributed by atoms with Crippen molar-refractivity contribution in [3.63, 3.8) is 0 Å². The van der Waals surface area contributed by atoms with Gasteiger partial charge in [-0.25, -0.2) is 0 Å². The predicted molar refractivity (Wildman–Crippen MR) is 79.5 cm³/mol. The normalized spacial score (nSPS) is 14.8. The number of hydrogen-bond donors (Lipinski definition) is 0. The van der Waals surface area contributed by atoms with Crippen molar-refractivity contribution in [2.24, 2.45) is 5.92 Å². The third-order valence-electron chi connectivity index (χ3n) is 2.99. The van der Waals surface area contributed by atoms with Gasteiger partial charge in [0.2, 0.25) is 0 Å². The fraction of sp³-hybridized carbons (Fsp3) is 0.214. The lowest BCUT2D eigenvalue weighted by Gasteiger charge is -2.01. The fourth-order valence-electron chi connectivity index (χ4n) is 1.85. The van der Waals surface area contributed by atoms with Crippen molar-refractivity contribution in [2.75, 3.05) is 0 Å². The first-order chi connectivity index (χ1) is 8.65. The molecule has 1 aliphatic carbocycles. The van der Waals surface area contributed by atoms with Crippen LogP contribution in [-0.2, 0) is 0 Å². The van der Waals surface area contributed by atoms with Crippen molar-refractivity contribution >= 4 is 44.7 Å². The monoisotopic (exact) mass is 340 g/mol. The van der Waals surface area contributed by atoms with E-state index in [2.05, 4.69) is 15.9 Å². The highest BCUT2D eigenvalue weighted by atomic mass is 79.9. The molecule has 1 aliphatic rings. The molecule has 0 saturated heterocycles. The van der Waals surface area contributed by atoms with Crippen LogP contribution in [0, 0.1) is 5.92 Å². The molecule has 1 aromatic carbocycles. The van der Waals surface area contributed by atoms with Crippen LogP contribution in [-0.4, -0.2) is 5.78 Å². The van der Waals surface area contributed by atoms with Gasteiger partial charge in [-0.05, 0) is 43.2 Å². The average molecular weight is 342 g/mol. The molecule has 0 amide bonds. The zero-order chi connectivity index (χ0) is 12.7. The lowest BCUT2D eigenvalue weighted by atomic mass is 10.2. The summed E-state index contributed by atoms with van der Waals surface area (Å²) in [5.74, 6) is 0.562. The molecule has 1 nitrogen and oxygen atoms in total. The minimum atomic E-state index is 0.273. The number of carbonyl (C=O) groups is 1. The number of Topliss-reactive ketones (excluding diaryl/α,β-unsaturated/α-hetero) is 1. The minimum Gasteiger partial charge on any atom is -0.293 e. The van der Waals surface area contributed by atoms with Gasteiger partial charge in [-0.3, -0.25) is 4.79 Å². The quantitative estimate of drug-likeness (QED) is 0.681. The van der Waals surface area contributed by atoms with E-state index in [0.717, 1.165) is 32.6 Å². The molecular weight excluding hydrogens is 332 g/mol. The average Bonchev–Trinajstić information content (AvgIpc) is 3.09. The van der Waals surface area contributed by atoms with Crippen LogP contribution >= 0.6 is 38.9 Å². The second kappa shape index (κ2) is 4.80. The topological polar surface area (TPSA) is 17.1 Å². The van der Waals surface area contributed by atoms with Crippen LogP contribution in [0.5, 0.6) is 0 Å². The molecule has 92 valence electrons.